The SMILES string of the molecule is Cn1c(=O)oc2cc(-c3c[nH]c(=O)[nH]3)ccc21. The van der Waals surface area contributed by atoms with Gasteiger partial charge in [0.25, 0.3) is 0 Å². The van der Waals surface area contributed by atoms with Crippen molar-refractivity contribution in [2.75, 3.05) is 0 Å². The van der Waals surface area contributed by atoms with Crippen LogP contribution in [0, 0.1) is 0 Å². The van der Waals surface area contributed by atoms with Gasteiger partial charge in [-0.05, 0) is 12.1 Å². The summed E-state index contributed by atoms with van der Waals surface area (Å²) in [7, 11) is 1.64. The Morgan fingerprint density at radius 3 is 2.82 bits per heavy atom. The van der Waals surface area contributed by atoms with Gasteiger partial charge in [-0.15, -0.1) is 0 Å². The molecule has 1 aromatic carbocycles. The van der Waals surface area contributed by atoms with Crippen LogP contribution in [0.4, 0.5) is 0 Å². The summed E-state index contributed by atoms with van der Waals surface area (Å²) >= 11 is 0. The number of rotatable bonds is 1. The minimum Gasteiger partial charge on any atom is -0.408 e. The number of aromatic nitrogens is 3. The van der Waals surface area contributed by atoms with Gasteiger partial charge in [-0.25, -0.2) is 9.59 Å². The fourth-order valence-corrected chi connectivity index (χ4v) is 1.79. The predicted octanol–water partition coefficient (Wildman–Crippen LogP) is 0.815. The average Bonchev–Trinajstić information content (AvgIpc) is 2.85. The lowest BCUT2D eigenvalue weighted by atomic mass is 10.1. The Bertz CT molecular complexity index is 803. The molecule has 0 fully saturated rings. The summed E-state index contributed by atoms with van der Waals surface area (Å²) < 4.78 is 6.50. The lowest BCUT2D eigenvalue weighted by Crippen LogP contribution is -2.08. The maximum atomic E-state index is 11.3. The van der Waals surface area contributed by atoms with Gasteiger partial charge in [-0.1, -0.05) is 6.07 Å². The van der Waals surface area contributed by atoms with Gasteiger partial charge in [0.05, 0.1) is 11.2 Å². The molecule has 6 nitrogen and oxygen atoms in total. The van der Waals surface area contributed by atoms with E-state index in [2.05, 4.69) is 9.97 Å². The zero-order chi connectivity index (χ0) is 12.0. The second kappa shape index (κ2) is 3.24. The molecule has 6 heteroatoms. The van der Waals surface area contributed by atoms with E-state index in [9.17, 15) is 9.59 Å². The Morgan fingerprint density at radius 2 is 2.12 bits per heavy atom. The van der Waals surface area contributed by atoms with Gasteiger partial charge < -0.3 is 14.4 Å². The van der Waals surface area contributed by atoms with Crippen molar-refractivity contribution >= 4 is 11.1 Å². The van der Waals surface area contributed by atoms with Crippen LogP contribution in [0.5, 0.6) is 0 Å². The number of benzene rings is 1. The molecule has 0 unspecified atom stereocenters. The molecule has 17 heavy (non-hydrogen) atoms. The minimum absolute atomic E-state index is 0.269. The summed E-state index contributed by atoms with van der Waals surface area (Å²) in [6.07, 6.45) is 1.57. The van der Waals surface area contributed by atoms with Crippen LogP contribution >= 0.6 is 0 Å². The van der Waals surface area contributed by atoms with Gasteiger partial charge in [0, 0.05) is 18.8 Å². The van der Waals surface area contributed by atoms with Crippen LogP contribution in [0.2, 0.25) is 0 Å². The molecule has 3 aromatic rings. The van der Waals surface area contributed by atoms with Crippen molar-refractivity contribution in [2.45, 2.75) is 0 Å². The van der Waals surface area contributed by atoms with Crippen LogP contribution in [-0.2, 0) is 7.05 Å². The average molecular weight is 231 g/mol. The zero-order valence-corrected chi connectivity index (χ0v) is 8.98. The number of H-pyrrole nitrogens is 2. The normalized spacial score (nSPS) is 11.1. The van der Waals surface area contributed by atoms with Gasteiger partial charge in [0.15, 0.2) is 5.58 Å². The number of aryl methyl sites for hydroxylation is 1. The standard InChI is InChI=1S/C11H9N3O3/c1-14-8-3-2-6(4-9(8)17-11(14)16)7-5-12-10(15)13-7/h2-5H,1H3,(H2,12,13,15). The maximum Gasteiger partial charge on any atom is 0.419 e. The first kappa shape index (κ1) is 9.71. The van der Waals surface area contributed by atoms with Crippen molar-refractivity contribution in [1.82, 2.24) is 14.5 Å². The molecule has 0 aliphatic rings. The monoisotopic (exact) mass is 231 g/mol. The highest BCUT2D eigenvalue weighted by molar-refractivity contribution is 5.79. The lowest BCUT2D eigenvalue weighted by Gasteiger charge is -1.96. The molecule has 0 amide bonds. The van der Waals surface area contributed by atoms with Gasteiger partial charge in [-0.3, -0.25) is 4.57 Å². The van der Waals surface area contributed by atoms with Gasteiger partial charge in [0.1, 0.15) is 0 Å². The molecule has 0 radical (unpaired) electrons. The molecule has 2 heterocycles. The van der Waals surface area contributed by atoms with E-state index >= 15 is 0 Å². The van der Waals surface area contributed by atoms with E-state index in [4.69, 9.17) is 4.42 Å². The molecule has 0 aliphatic heterocycles. The zero-order valence-electron chi connectivity index (χ0n) is 8.98. The van der Waals surface area contributed by atoms with Crippen molar-refractivity contribution in [3.63, 3.8) is 0 Å². The smallest absolute Gasteiger partial charge is 0.408 e. The summed E-state index contributed by atoms with van der Waals surface area (Å²) in [5, 5.41) is 0. The quantitative estimate of drug-likeness (QED) is 0.650. The van der Waals surface area contributed by atoms with Crippen LogP contribution in [-0.4, -0.2) is 14.5 Å². The van der Waals surface area contributed by atoms with E-state index in [-0.39, 0.29) is 5.69 Å². The maximum absolute atomic E-state index is 11.3. The number of fused-ring (bicyclic) bond motifs is 1. The van der Waals surface area contributed by atoms with Crippen LogP contribution in [0.15, 0.2) is 38.4 Å². The van der Waals surface area contributed by atoms with E-state index in [1.807, 2.05) is 6.07 Å². The van der Waals surface area contributed by atoms with E-state index in [0.29, 0.717) is 11.3 Å². The Hall–Kier alpha value is -2.50. The molecule has 86 valence electrons. The van der Waals surface area contributed by atoms with Crippen molar-refractivity contribution < 1.29 is 4.42 Å². The Morgan fingerprint density at radius 1 is 1.29 bits per heavy atom. The largest absolute Gasteiger partial charge is 0.419 e. The van der Waals surface area contributed by atoms with E-state index < -0.39 is 5.76 Å². The lowest BCUT2D eigenvalue weighted by molar-refractivity contribution is 0.528. The number of imidazole rings is 1. The van der Waals surface area contributed by atoms with Gasteiger partial charge >= 0.3 is 11.4 Å². The number of hydrogen-bond donors (Lipinski definition) is 2. The van der Waals surface area contributed by atoms with Crippen molar-refractivity contribution in [1.29, 1.82) is 0 Å². The number of hydrogen-bond acceptors (Lipinski definition) is 3. The molecule has 0 spiro atoms. The van der Waals surface area contributed by atoms with Crippen LogP contribution in [0.3, 0.4) is 0 Å². The molecule has 2 N–H and O–H groups in total. The van der Waals surface area contributed by atoms with Gasteiger partial charge in [-0.2, -0.15) is 0 Å². The van der Waals surface area contributed by atoms with Crippen molar-refractivity contribution in [3.05, 3.63) is 45.4 Å². The topological polar surface area (TPSA) is 83.8 Å². The molecule has 0 bridgehead atoms. The molecule has 3 rings (SSSR count). The Kier molecular flexibility index (Phi) is 1.85. The number of aromatic amines is 2. The van der Waals surface area contributed by atoms with Gasteiger partial charge in [0.2, 0.25) is 0 Å². The van der Waals surface area contributed by atoms with Crippen molar-refractivity contribution in [3.8, 4) is 11.3 Å². The van der Waals surface area contributed by atoms with E-state index in [0.717, 1.165) is 11.1 Å². The van der Waals surface area contributed by atoms with Crippen molar-refractivity contribution in [2.24, 2.45) is 7.05 Å². The van der Waals surface area contributed by atoms with E-state index in [1.54, 1.807) is 25.4 Å². The Labute approximate surface area is 94.5 Å². The third-order valence-electron chi connectivity index (χ3n) is 2.70. The summed E-state index contributed by atoms with van der Waals surface area (Å²) in [5.74, 6) is -0.403. The highest BCUT2D eigenvalue weighted by Crippen LogP contribution is 2.21. The first-order valence-corrected chi connectivity index (χ1v) is 5.03. The first-order chi connectivity index (χ1) is 8.15. The predicted molar refractivity (Wildman–Crippen MR) is 61.9 cm³/mol. The number of nitrogens with zero attached hydrogens (tertiary/aromatic N) is 1. The van der Waals surface area contributed by atoms with Crippen LogP contribution < -0.4 is 11.4 Å². The summed E-state index contributed by atoms with van der Waals surface area (Å²) in [6, 6.07) is 5.31. The Balaban J connectivity index is 2.27. The molecule has 2 aromatic heterocycles. The molecule has 0 saturated heterocycles. The van der Waals surface area contributed by atoms with Crippen LogP contribution in [0.25, 0.3) is 22.4 Å². The first-order valence-electron chi connectivity index (χ1n) is 5.03. The minimum atomic E-state index is -0.403. The van der Waals surface area contributed by atoms with Crippen LogP contribution in [0.1, 0.15) is 0 Å². The highest BCUT2D eigenvalue weighted by atomic mass is 16.4. The third kappa shape index (κ3) is 1.42. The molecule has 0 aliphatic carbocycles. The highest BCUT2D eigenvalue weighted by Gasteiger charge is 2.08. The molecule has 0 saturated carbocycles. The second-order valence-corrected chi connectivity index (χ2v) is 3.77. The fraction of sp³-hybridized carbons (Fsp3) is 0.0909. The molecular weight excluding hydrogens is 222 g/mol. The van der Waals surface area contributed by atoms with E-state index in [1.165, 1.54) is 4.57 Å². The third-order valence-corrected chi connectivity index (χ3v) is 2.70. The fourth-order valence-electron chi connectivity index (χ4n) is 1.79. The molecule has 0 atom stereocenters. The number of nitrogens with one attached hydrogen (secondary N) is 2. The summed E-state index contributed by atoms with van der Waals surface area (Å²) in [6.45, 7) is 0. The summed E-state index contributed by atoms with van der Waals surface area (Å²) in [5.41, 5.74) is 2.39. The second-order valence-electron chi connectivity index (χ2n) is 3.77. The summed E-state index contributed by atoms with van der Waals surface area (Å²) in [4.78, 5) is 27.5. The number of oxazole rings is 1. The molecular formula is C11H9N3O3.